The molecule has 1 N–H and O–H groups in total. The SMILES string of the molecule is [B]C1([B])OC([B])([B])C([B])([B])N(CC(=O)Nc2cc3nc(-c4nnc(C)s4)ccc3cn2)C1([B])[B]. The normalized spacial score (nSPS) is 20.6. The summed E-state index contributed by atoms with van der Waals surface area (Å²) in [6.45, 7) is 1.24. The third kappa shape index (κ3) is 4.26. The van der Waals surface area contributed by atoms with Crippen molar-refractivity contribution in [1.29, 1.82) is 0 Å². The number of fused-ring (bicyclic) bond motifs is 1. The van der Waals surface area contributed by atoms with Gasteiger partial charge in [-0.25, -0.2) is 9.97 Å². The summed E-state index contributed by atoms with van der Waals surface area (Å²) >= 11 is 1.41. The molecule has 4 heterocycles. The van der Waals surface area contributed by atoms with Crippen LogP contribution in [0.3, 0.4) is 0 Å². The predicted octanol–water partition coefficient (Wildman–Crippen LogP) is -2.31. The second kappa shape index (κ2) is 8.31. The highest BCUT2D eigenvalue weighted by Gasteiger charge is 2.57. The number of carbonyl (C=O) groups is 1. The van der Waals surface area contributed by atoms with Crippen molar-refractivity contribution in [3.63, 3.8) is 0 Å². The molecule has 150 valence electrons. The van der Waals surface area contributed by atoms with E-state index < -0.39 is 33.9 Å². The maximum atomic E-state index is 12.8. The lowest BCUT2D eigenvalue weighted by Crippen LogP contribution is -2.86. The molecule has 1 saturated heterocycles. The van der Waals surface area contributed by atoms with Crippen molar-refractivity contribution in [2.75, 3.05) is 11.9 Å². The van der Waals surface area contributed by atoms with Crippen LogP contribution in [0.1, 0.15) is 5.01 Å². The molecule has 0 unspecified atom stereocenters. The molecule has 34 heavy (non-hydrogen) atoms. The predicted molar refractivity (Wildman–Crippen MR) is 137 cm³/mol. The Morgan fingerprint density at radius 1 is 1.06 bits per heavy atom. The molecule has 4 rings (SSSR count). The highest BCUT2D eigenvalue weighted by molar-refractivity contribution is 7.14. The Kier molecular flexibility index (Phi) is 6.14. The summed E-state index contributed by atoms with van der Waals surface area (Å²) in [6.07, 6.45) is 1.55. The smallest absolute Gasteiger partial charge is 0.239 e. The van der Waals surface area contributed by atoms with Gasteiger partial charge in [-0.05, 0) is 40.5 Å². The average molecular weight is 449 g/mol. The zero-order chi connectivity index (χ0) is 25.1. The molecule has 0 aromatic carbocycles. The molecule has 3 aromatic heterocycles. The summed E-state index contributed by atoms with van der Waals surface area (Å²) in [5, 5.41) is 3.84. The molecule has 1 fully saturated rings. The summed E-state index contributed by atoms with van der Waals surface area (Å²) in [5.41, 5.74) is 1.19. The first-order valence-electron chi connectivity index (χ1n) is 9.80. The number of nitrogens with one attached hydrogen (secondary N) is 1. The number of nitrogens with zero attached hydrogens (tertiary/aromatic N) is 5. The minimum absolute atomic E-state index is 0.182. The van der Waals surface area contributed by atoms with Gasteiger partial charge in [0.2, 0.25) is 5.91 Å². The number of hydrogen-bond acceptors (Lipinski definition) is 8. The van der Waals surface area contributed by atoms with E-state index in [0.717, 1.165) is 15.3 Å². The minimum atomic E-state index is -2.30. The lowest BCUT2D eigenvalue weighted by atomic mass is 9.30. The number of morpholine rings is 1. The summed E-state index contributed by atoms with van der Waals surface area (Å²) in [7, 11) is 47.4. The number of amides is 1. The summed E-state index contributed by atoms with van der Waals surface area (Å²) in [4.78, 5) is 22.5. The molecular weight excluding hydrogens is 439 g/mol. The summed E-state index contributed by atoms with van der Waals surface area (Å²) in [5.74, 6) is -0.488. The molecule has 0 atom stereocenters. The van der Waals surface area contributed by atoms with Gasteiger partial charge in [0.15, 0.2) is 5.01 Å². The molecule has 1 aliphatic rings. The molecule has 0 spiro atoms. The van der Waals surface area contributed by atoms with Gasteiger partial charge in [-0.2, -0.15) is 0 Å². The van der Waals surface area contributed by atoms with E-state index in [0.29, 0.717) is 16.2 Å². The van der Waals surface area contributed by atoms with Crippen LogP contribution in [0, 0.1) is 6.92 Å². The number of carbonyl (C=O) groups excluding carboxylic acids is 1. The molecule has 3 aromatic rings. The first-order valence-corrected chi connectivity index (χ1v) is 10.6. The van der Waals surface area contributed by atoms with Crippen LogP contribution in [0.2, 0.25) is 0 Å². The molecule has 0 aliphatic carbocycles. The van der Waals surface area contributed by atoms with Gasteiger partial charge in [-0.3, -0.25) is 4.79 Å². The van der Waals surface area contributed by atoms with Crippen LogP contribution < -0.4 is 5.32 Å². The van der Waals surface area contributed by atoms with E-state index in [1.165, 1.54) is 11.3 Å². The molecule has 17 heteroatoms. The lowest BCUT2D eigenvalue weighted by molar-refractivity contribution is -0.131. The van der Waals surface area contributed by atoms with Crippen LogP contribution in [-0.2, 0) is 9.53 Å². The van der Waals surface area contributed by atoms with Gasteiger partial charge in [0.05, 0.1) is 74.8 Å². The van der Waals surface area contributed by atoms with Gasteiger partial charge in [0.25, 0.3) is 0 Å². The highest BCUT2D eigenvalue weighted by Crippen LogP contribution is 2.39. The van der Waals surface area contributed by atoms with Crippen molar-refractivity contribution >= 4 is 96.7 Å². The second-order valence-electron chi connectivity index (χ2n) is 8.06. The van der Waals surface area contributed by atoms with Crippen LogP contribution >= 0.6 is 11.3 Å². The number of anilines is 1. The lowest BCUT2D eigenvalue weighted by Gasteiger charge is -2.70. The van der Waals surface area contributed by atoms with Gasteiger partial charge in [-0.1, -0.05) is 11.3 Å². The van der Waals surface area contributed by atoms with Crippen LogP contribution in [0.5, 0.6) is 0 Å². The number of aromatic nitrogens is 4. The number of rotatable bonds is 4. The van der Waals surface area contributed by atoms with E-state index in [1.54, 1.807) is 12.3 Å². The van der Waals surface area contributed by atoms with Crippen molar-refractivity contribution in [3.05, 3.63) is 29.4 Å². The van der Waals surface area contributed by atoms with E-state index >= 15 is 0 Å². The quantitative estimate of drug-likeness (QED) is 0.448. The Morgan fingerprint density at radius 2 is 1.71 bits per heavy atom. The molecular formula is C17H10B8N6O2S. The first kappa shape index (κ1) is 25.1. The monoisotopic (exact) mass is 450 g/mol. The fourth-order valence-electron chi connectivity index (χ4n) is 3.36. The fraction of sp³-hybridized carbons (Fsp3) is 0.353. The average Bonchev–Trinajstić information content (AvgIpc) is 3.16. The first-order chi connectivity index (χ1) is 15.6. The van der Waals surface area contributed by atoms with Crippen LogP contribution in [0.4, 0.5) is 5.82 Å². The van der Waals surface area contributed by atoms with Crippen molar-refractivity contribution < 1.29 is 9.53 Å². The Hall–Kier alpha value is -1.97. The Balaban J connectivity index is 1.58. The van der Waals surface area contributed by atoms with Crippen molar-refractivity contribution in [3.8, 4) is 10.7 Å². The zero-order valence-corrected chi connectivity index (χ0v) is 18.9. The van der Waals surface area contributed by atoms with E-state index in [-0.39, 0.29) is 5.82 Å². The Labute approximate surface area is 211 Å². The van der Waals surface area contributed by atoms with E-state index in [1.807, 2.05) is 19.1 Å². The van der Waals surface area contributed by atoms with Crippen molar-refractivity contribution in [1.82, 2.24) is 25.1 Å². The van der Waals surface area contributed by atoms with Crippen LogP contribution in [0.25, 0.3) is 21.6 Å². The van der Waals surface area contributed by atoms with Gasteiger partial charge < -0.3 is 15.0 Å². The molecule has 1 aliphatic heterocycles. The topological polar surface area (TPSA) is 93.1 Å². The maximum Gasteiger partial charge on any atom is 0.239 e. The van der Waals surface area contributed by atoms with E-state index in [4.69, 9.17) is 67.5 Å². The number of hydrogen-bond donors (Lipinski definition) is 1. The van der Waals surface area contributed by atoms with Gasteiger partial charge in [-0.15, -0.1) is 10.2 Å². The number of pyridine rings is 2. The standard InChI is InChI=1S/C17H10B8N6O2S/c1-7-29-30-13(34-7)9-3-2-8-5-26-11(4-10(8)27-9)28-12(32)6-31-14(18,19)16(22,23)33-17(24,25)15(31,20)21/h2-5H,6H2,1H3,(H,26,28,32). The molecule has 0 bridgehead atoms. The Bertz CT molecular complexity index is 1240. The zero-order valence-electron chi connectivity index (χ0n) is 18.1. The number of ether oxygens (including phenoxy) is 1. The highest BCUT2D eigenvalue weighted by atomic mass is 32.1. The van der Waals surface area contributed by atoms with Gasteiger partial charge in [0.1, 0.15) is 16.5 Å². The van der Waals surface area contributed by atoms with Gasteiger partial charge in [0, 0.05) is 17.6 Å². The van der Waals surface area contributed by atoms with Crippen LogP contribution in [-0.4, -0.2) is 122 Å². The molecule has 0 saturated carbocycles. The molecule has 1 amide bonds. The van der Waals surface area contributed by atoms with E-state index in [9.17, 15) is 4.79 Å². The Morgan fingerprint density at radius 3 is 2.29 bits per heavy atom. The summed E-state index contributed by atoms with van der Waals surface area (Å²) in [6, 6.07) is 5.22. The largest absolute Gasteiger partial charge is 0.406 e. The third-order valence-electron chi connectivity index (χ3n) is 5.37. The fourth-order valence-corrected chi connectivity index (χ4v) is 4.02. The molecule has 8 nitrogen and oxygen atoms in total. The molecule has 16 radical (unpaired) electrons. The van der Waals surface area contributed by atoms with Crippen molar-refractivity contribution in [2.24, 2.45) is 0 Å². The van der Waals surface area contributed by atoms with Crippen molar-refractivity contribution in [2.45, 2.75) is 28.4 Å². The van der Waals surface area contributed by atoms with Gasteiger partial charge >= 0.3 is 0 Å². The second-order valence-corrected chi connectivity index (χ2v) is 9.24. The maximum absolute atomic E-state index is 12.8. The van der Waals surface area contributed by atoms with E-state index in [2.05, 4.69) is 25.5 Å². The minimum Gasteiger partial charge on any atom is -0.406 e. The number of aryl methyl sites for hydroxylation is 1. The van der Waals surface area contributed by atoms with Crippen LogP contribution in [0.15, 0.2) is 24.4 Å². The third-order valence-corrected chi connectivity index (χ3v) is 6.23. The summed E-state index contributed by atoms with van der Waals surface area (Å²) < 4.78 is 5.13.